The summed E-state index contributed by atoms with van der Waals surface area (Å²) in [6.45, 7) is 1.05. The summed E-state index contributed by atoms with van der Waals surface area (Å²) < 4.78 is 45.3. The van der Waals surface area contributed by atoms with Gasteiger partial charge in [-0.05, 0) is 47.9 Å². The highest BCUT2D eigenvalue weighted by Gasteiger charge is 2.53. The molecule has 3 aliphatic heterocycles. The van der Waals surface area contributed by atoms with Crippen LogP contribution in [0.4, 0.5) is 0 Å². The summed E-state index contributed by atoms with van der Waals surface area (Å²) in [7, 11) is 2.72. The minimum Gasteiger partial charge on any atom is -0.502 e. The predicted molar refractivity (Wildman–Crippen MR) is 142 cm³/mol. The quantitative estimate of drug-likeness (QED) is 0.298. The van der Waals surface area contributed by atoms with Crippen molar-refractivity contribution in [3.63, 3.8) is 0 Å². The number of aliphatic hydroxyl groups excluding tert-OH is 3. The van der Waals surface area contributed by atoms with Crippen molar-refractivity contribution < 1.29 is 68.2 Å². The Morgan fingerprint density at radius 2 is 1.63 bits per heavy atom. The Morgan fingerprint density at radius 1 is 0.977 bits per heavy atom. The number of hydrogen-bond acceptors (Lipinski definition) is 13. The molecule has 43 heavy (non-hydrogen) atoms. The molecular formula is C29H34O14. The molecule has 2 saturated heterocycles. The van der Waals surface area contributed by atoms with Gasteiger partial charge in [0.25, 0.3) is 0 Å². The Balaban J connectivity index is 1.46. The molecule has 0 saturated carbocycles. The Hall–Kier alpha value is -3.37. The lowest BCUT2D eigenvalue weighted by molar-refractivity contribution is -0.365. The molecule has 3 heterocycles. The zero-order valence-corrected chi connectivity index (χ0v) is 23.6. The van der Waals surface area contributed by atoms with Gasteiger partial charge in [0.2, 0.25) is 12.5 Å². The third kappa shape index (κ3) is 5.02. The number of aromatic hydroxyl groups is 1. The number of aliphatic hydroxyl groups is 3. The van der Waals surface area contributed by atoms with Crippen molar-refractivity contribution in [2.24, 2.45) is 11.8 Å². The van der Waals surface area contributed by atoms with Gasteiger partial charge in [0, 0.05) is 18.4 Å². The zero-order valence-electron chi connectivity index (χ0n) is 23.6. The second kappa shape index (κ2) is 11.6. The summed E-state index contributed by atoms with van der Waals surface area (Å²) >= 11 is 0. The second-order valence-electron chi connectivity index (χ2n) is 10.9. The molecule has 0 unspecified atom stereocenters. The van der Waals surface area contributed by atoms with E-state index in [2.05, 4.69) is 0 Å². The maximum atomic E-state index is 13.0. The maximum absolute atomic E-state index is 13.0. The third-order valence-electron chi connectivity index (χ3n) is 8.55. The average Bonchev–Trinajstić information content (AvgIpc) is 3.46. The first kappa shape index (κ1) is 29.7. The van der Waals surface area contributed by atoms with E-state index in [1.54, 1.807) is 19.1 Å². The van der Waals surface area contributed by atoms with Crippen LogP contribution in [0.2, 0.25) is 0 Å². The third-order valence-corrected chi connectivity index (χ3v) is 8.55. The molecule has 14 heteroatoms. The highest BCUT2D eigenvalue weighted by molar-refractivity contribution is 5.75. The van der Waals surface area contributed by atoms with Gasteiger partial charge in [-0.2, -0.15) is 0 Å². The Labute approximate surface area is 246 Å². The summed E-state index contributed by atoms with van der Waals surface area (Å²) in [4.78, 5) is 13.0. The number of ether oxygens (including phenoxy) is 8. The van der Waals surface area contributed by atoms with Gasteiger partial charge in [-0.15, -0.1) is 0 Å². The normalized spacial score (nSPS) is 34.7. The van der Waals surface area contributed by atoms with Crippen LogP contribution < -0.4 is 18.9 Å². The molecule has 2 aromatic rings. The van der Waals surface area contributed by atoms with Crippen molar-refractivity contribution in [2.75, 3.05) is 34.2 Å². The Kier molecular flexibility index (Phi) is 8.02. The summed E-state index contributed by atoms with van der Waals surface area (Å²) in [5, 5.41) is 53.7. The van der Waals surface area contributed by atoms with Crippen molar-refractivity contribution in [2.45, 2.75) is 55.9 Å². The van der Waals surface area contributed by atoms with E-state index in [0.29, 0.717) is 28.2 Å². The van der Waals surface area contributed by atoms with Crippen molar-refractivity contribution in [1.82, 2.24) is 0 Å². The number of benzene rings is 2. The first-order valence-corrected chi connectivity index (χ1v) is 13.8. The summed E-state index contributed by atoms with van der Waals surface area (Å²) in [6.07, 6.45) is -7.75. The molecule has 14 nitrogen and oxygen atoms in total. The Morgan fingerprint density at radius 3 is 2.23 bits per heavy atom. The van der Waals surface area contributed by atoms with Gasteiger partial charge >= 0.3 is 5.97 Å². The number of methoxy groups -OCH3 is 2. The van der Waals surface area contributed by atoms with Crippen LogP contribution in [0.3, 0.4) is 0 Å². The van der Waals surface area contributed by atoms with Crippen molar-refractivity contribution in [3.8, 4) is 28.7 Å². The molecule has 2 fully saturated rings. The lowest BCUT2D eigenvalue weighted by atomic mass is 9.65. The van der Waals surface area contributed by atoms with E-state index in [-0.39, 0.29) is 30.6 Å². The van der Waals surface area contributed by atoms with Crippen LogP contribution in [0.5, 0.6) is 28.7 Å². The highest BCUT2D eigenvalue weighted by atomic mass is 16.8. The van der Waals surface area contributed by atoms with Crippen molar-refractivity contribution in [1.29, 1.82) is 0 Å². The summed E-state index contributed by atoms with van der Waals surface area (Å²) in [5.74, 6) is -3.88. The zero-order chi connectivity index (χ0) is 30.6. The monoisotopic (exact) mass is 606 g/mol. The number of carboxylic acids is 1. The molecule has 0 amide bonds. The van der Waals surface area contributed by atoms with E-state index in [4.69, 9.17) is 37.9 Å². The molecule has 0 radical (unpaired) electrons. The van der Waals surface area contributed by atoms with Crippen LogP contribution in [0, 0.1) is 11.8 Å². The second-order valence-corrected chi connectivity index (χ2v) is 10.9. The average molecular weight is 607 g/mol. The molecule has 234 valence electrons. The van der Waals surface area contributed by atoms with Crippen LogP contribution >= 0.6 is 0 Å². The fourth-order valence-corrected chi connectivity index (χ4v) is 6.49. The molecular weight excluding hydrogens is 572 g/mol. The minimum atomic E-state index is -1.56. The maximum Gasteiger partial charge on any atom is 0.307 e. The molecule has 0 bridgehead atoms. The Bertz CT molecular complexity index is 1340. The number of fused-ring (bicyclic) bond motifs is 3. The molecule has 0 aromatic heterocycles. The van der Waals surface area contributed by atoms with Gasteiger partial charge in [-0.3, -0.25) is 4.79 Å². The number of aliphatic carboxylic acids is 1. The van der Waals surface area contributed by atoms with Gasteiger partial charge in [0.05, 0.1) is 32.8 Å². The highest BCUT2D eigenvalue weighted by Crippen LogP contribution is 2.55. The predicted octanol–water partition coefficient (Wildman–Crippen LogP) is 0.859. The fourth-order valence-electron chi connectivity index (χ4n) is 6.49. The van der Waals surface area contributed by atoms with Crippen LogP contribution in [0.15, 0.2) is 24.3 Å². The van der Waals surface area contributed by atoms with Crippen LogP contribution in [-0.2, 0) is 23.7 Å². The van der Waals surface area contributed by atoms with Crippen molar-refractivity contribution in [3.05, 3.63) is 41.0 Å². The number of phenolic OH excluding ortho intramolecular Hbond substituents is 1. The fraction of sp³-hybridized carbons (Fsp3) is 0.552. The van der Waals surface area contributed by atoms with Crippen LogP contribution in [0.25, 0.3) is 0 Å². The SMILES string of the molecule is COc1cc([C@@H]2c3cc4c(cc3[C@@H](O[C@@H]3O[C@@H]5CO[C@H](C)O[C@H]5[C@H](O)[C@@H]3O)[C@@H](CO)[C@H]2C(=O)O)OCO4)cc(OC)c1O. The van der Waals surface area contributed by atoms with E-state index >= 15 is 0 Å². The van der Waals surface area contributed by atoms with Gasteiger partial charge in [-0.1, -0.05) is 0 Å². The first-order chi connectivity index (χ1) is 20.7. The largest absolute Gasteiger partial charge is 0.502 e. The molecule has 4 aliphatic rings. The summed E-state index contributed by atoms with van der Waals surface area (Å²) in [5.41, 5.74) is 1.35. The number of hydrogen-bond donors (Lipinski definition) is 5. The van der Waals surface area contributed by atoms with E-state index in [0.717, 1.165) is 0 Å². The molecule has 1 aliphatic carbocycles. The van der Waals surface area contributed by atoms with Gasteiger partial charge in [0.15, 0.2) is 35.6 Å². The van der Waals surface area contributed by atoms with E-state index in [9.17, 15) is 30.3 Å². The van der Waals surface area contributed by atoms with E-state index in [1.807, 2.05) is 0 Å². The molecule has 10 atom stereocenters. The van der Waals surface area contributed by atoms with Gasteiger partial charge in [0.1, 0.15) is 24.4 Å². The molecule has 6 rings (SSSR count). The molecule has 2 aromatic carbocycles. The molecule has 5 N–H and O–H groups in total. The number of carbonyl (C=O) groups is 1. The smallest absolute Gasteiger partial charge is 0.307 e. The number of rotatable bonds is 7. The molecule has 0 spiro atoms. The minimum absolute atomic E-state index is 0.0564. The summed E-state index contributed by atoms with van der Waals surface area (Å²) in [6, 6.07) is 6.32. The van der Waals surface area contributed by atoms with E-state index in [1.165, 1.54) is 26.4 Å². The lowest BCUT2D eigenvalue weighted by Crippen LogP contribution is -2.63. The standard InChI is InChI=1S/C29H34O14/c1-11-38-9-20-27(41-11)24(32)25(33)29(42-20)43-26-14-7-17-16(39-10-40-17)6-13(14)21(22(28(34)35)15(26)8-30)12-4-18(36-2)23(31)19(5-12)37-3/h4-7,11,15,20-22,24-27,29-33H,8-10H2,1-3H3,(H,34,35)/t11-,15-,20+,21+,22+,24+,25-,26+,27+,29-/m0/s1. The number of carboxylic acid groups (broad SMARTS) is 1. The van der Waals surface area contributed by atoms with Crippen LogP contribution in [0.1, 0.15) is 35.6 Å². The topological polar surface area (TPSA) is 192 Å². The van der Waals surface area contributed by atoms with Gasteiger partial charge < -0.3 is 63.4 Å². The first-order valence-electron chi connectivity index (χ1n) is 13.8. The number of phenols is 1. The lowest BCUT2D eigenvalue weighted by Gasteiger charge is -2.48. The van der Waals surface area contributed by atoms with Crippen LogP contribution in [-0.4, -0.2) is 103 Å². The van der Waals surface area contributed by atoms with Gasteiger partial charge in [-0.25, -0.2) is 0 Å². The van der Waals surface area contributed by atoms with Crippen molar-refractivity contribution >= 4 is 5.97 Å². The van der Waals surface area contributed by atoms with E-state index < -0.39 is 73.4 Å².